The van der Waals surface area contributed by atoms with E-state index < -0.39 is 0 Å². The van der Waals surface area contributed by atoms with Gasteiger partial charge in [-0.3, -0.25) is 0 Å². The van der Waals surface area contributed by atoms with E-state index in [0.29, 0.717) is 17.7 Å². The molecule has 104 valence electrons. The van der Waals surface area contributed by atoms with E-state index >= 15 is 0 Å². The van der Waals surface area contributed by atoms with E-state index in [9.17, 15) is 0 Å². The van der Waals surface area contributed by atoms with Crippen LogP contribution < -0.4 is 11.1 Å². The standard InChI is InChI=1S/C13H25N3O2/c1-18-7-6-12(2-3-12)9-15-10-13(4-5-13)8-11(14)16-17/h15,17H,2-10H2,1H3,(H2,14,16). The molecule has 0 spiro atoms. The van der Waals surface area contributed by atoms with Crippen LogP contribution in [0.4, 0.5) is 0 Å². The van der Waals surface area contributed by atoms with E-state index in [0.717, 1.165) is 26.1 Å². The van der Waals surface area contributed by atoms with Crippen molar-refractivity contribution in [2.45, 2.75) is 38.5 Å². The highest BCUT2D eigenvalue weighted by Crippen LogP contribution is 2.50. The number of methoxy groups -OCH3 is 1. The van der Waals surface area contributed by atoms with Crippen molar-refractivity contribution in [1.82, 2.24) is 5.32 Å². The minimum atomic E-state index is 0.258. The molecule has 18 heavy (non-hydrogen) atoms. The fourth-order valence-electron chi connectivity index (χ4n) is 2.62. The van der Waals surface area contributed by atoms with E-state index in [1.54, 1.807) is 7.11 Å². The Bertz CT molecular complexity index is 309. The van der Waals surface area contributed by atoms with Gasteiger partial charge in [-0.1, -0.05) is 5.16 Å². The topological polar surface area (TPSA) is 79.9 Å². The minimum absolute atomic E-state index is 0.258. The van der Waals surface area contributed by atoms with Gasteiger partial charge in [-0.15, -0.1) is 0 Å². The van der Waals surface area contributed by atoms with Gasteiger partial charge in [-0.2, -0.15) is 0 Å². The average molecular weight is 255 g/mol. The highest BCUT2D eigenvalue weighted by Gasteiger charge is 2.45. The molecule has 0 aliphatic heterocycles. The van der Waals surface area contributed by atoms with Gasteiger partial charge in [0, 0.05) is 33.2 Å². The van der Waals surface area contributed by atoms with Crippen molar-refractivity contribution in [2.24, 2.45) is 21.7 Å². The van der Waals surface area contributed by atoms with Gasteiger partial charge in [0.05, 0.1) is 0 Å². The van der Waals surface area contributed by atoms with E-state index in [1.807, 2.05) is 0 Å². The first-order valence-electron chi connectivity index (χ1n) is 6.80. The van der Waals surface area contributed by atoms with Crippen LogP contribution in [0.3, 0.4) is 0 Å². The Morgan fingerprint density at radius 3 is 2.39 bits per heavy atom. The van der Waals surface area contributed by atoms with Crippen LogP contribution in [0.5, 0.6) is 0 Å². The Hall–Kier alpha value is -0.810. The van der Waals surface area contributed by atoms with E-state index in [2.05, 4.69) is 10.5 Å². The second-order valence-electron chi connectivity index (χ2n) is 6.11. The smallest absolute Gasteiger partial charge is 0.139 e. The van der Waals surface area contributed by atoms with Crippen molar-refractivity contribution >= 4 is 5.84 Å². The highest BCUT2D eigenvalue weighted by molar-refractivity contribution is 5.80. The first kappa shape index (κ1) is 13.6. The molecule has 2 aliphatic carbocycles. The van der Waals surface area contributed by atoms with Gasteiger partial charge < -0.3 is 21.0 Å². The van der Waals surface area contributed by atoms with Gasteiger partial charge in [0.25, 0.3) is 0 Å². The van der Waals surface area contributed by atoms with E-state index in [1.165, 1.54) is 25.7 Å². The number of hydrogen-bond acceptors (Lipinski definition) is 4. The van der Waals surface area contributed by atoms with Crippen LogP contribution in [0.1, 0.15) is 38.5 Å². The molecule has 0 bridgehead atoms. The van der Waals surface area contributed by atoms with Crippen LogP contribution in [0, 0.1) is 10.8 Å². The summed E-state index contributed by atoms with van der Waals surface area (Å²) in [5.74, 6) is 0.356. The number of oxime groups is 1. The molecule has 0 amide bonds. The zero-order valence-corrected chi connectivity index (χ0v) is 11.2. The Labute approximate surface area is 109 Å². The van der Waals surface area contributed by atoms with Crippen molar-refractivity contribution in [1.29, 1.82) is 0 Å². The van der Waals surface area contributed by atoms with Crippen molar-refractivity contribution in [3.8, 4) is 0 Å². The fraction of sp³-hybridized carbons (Fsp3) is 0.923. The molecule has 5 nitrogen and oxygen atoms in total. The predicted octanol–water partition coefficient (Wildman–Crippen LogP) is 1.31. The van der Waals surface area contributed by atoms with Crippen LogP contribution in [-0.2, 0) is 4.74 Å². The third kappa shape index (κ3) is 3.59. The summed E-state index contributed by atoms with van der Waals surface area (Å²) in [5, 5.41) is 15.3. The molecular formula is C13H25N3O2. The van der Waals surface area contributed by atoms with Gasteiger partial charge in [-0.05, 0) is 42.9 Å². The molecular weight excluding hydrogens is 230 g/mol. The Kier molecular flexibility index (Phi) is 4.12. The number of hydrogen-bond donors (Lipinski definition) is 3. The van der Waals surface area contributed by atoms with Crippen molar-refractivity contribution in [3.05, 3.63) is 0 Å². The molecule has 2 saturated carbocycles. The van der Waals surface area contributed by atoms with Crippen molar-refractivity contribution in [2.75, 3.05) is 26.8 Å². The van der Waals surface area contributed by atoms with Gasteiger partial charge in [0.2, 0.25) is 0 Å². The number of nitrogens with two attached hydrogens (primary N) is 1. The Morgan fingerprint density at radius 2 is 1.89 bits per heavy atom. The largest absolute Gasteiger partial charge is 0.409 e. The summed E-state index contributed by atoms with van der Waals surface area (Å²) in [6.07, 6.45) is 6.86. The zero-order chi connectivity index (χ0) is 13.1. The molecule has 0 atom stereocenters. The molecule has 0 saturated heterocycles. The van der Waals surface area contributed by atoms with Crippen LogP contribution in [0.25, 0.3) is 0 Å². The molecule has 0 heterocycles. The lowest BCUT2D eigenvalue weighted by Crippen LogP contribution is -2.32. The first-order valence-corrected chi connectivity index (χ1v) is 6.80. The summed E-state index contributed by atoms with van der Waals surface area (Å²) >= 11 is 0. The second-order valence-corrected chi connectivity index (χ2v) is 6.11. The summed E-state index contributed by atoms with van der Waals surface area (Å²) in [7, 11) is 1.76. The molecule has 0 aromatic heterocycles. The average Bonchev–Trinajstić information content (AvgIpc) is 3.26. The van der Waals surface area contributed by atoms with Crippen molar-refractivity contribution in [3.63, 3.8) is 0 Å². The summed E-state index contributed by atoms with van der Waals surface area (Å²) in [5.41, 5.74) is 6.34. The molecule has 0 radical (unpaired) electrons. The number of nitrogens with one attached hydrogen (secondary N) is 1. The quantitative estimate of drug-likeness (QED) is 0.251. The van der Waals surface area contributed by atoms with Gasteiger partial charge >= 0.3 is 0 Å². The zero-order valence-electron chi connectivity index (χ0n) is 11.2. The summed E-state index contributed by atoms with van der Waals surface area (Å²) in [6.45, 7) is 2.92. The third-order valence-corrected chi connectivity index (χ3v) is 4.44. The lowest BCUT2D eigenvalue weighted by Gasteiger charge is -2.19. The summed E-state index contributed by atoms with van der Waals surface area (Å²) in [4.78, 5) is 0. The number of nitrogens with zero attached hydrogens (tertiary/aromatic N) is 1. The summed E-state index contributed by atoms with van der Waals surface area (Å²) in [6, 6.07) is 0. The van der Waals surface area contributed by atoms with Crippen LogP contribution >= 0.6 is 0 Å². The second kappa shape index (κ2) is 5.45. The lowest BCUT2D eigenvalue weighted by molar-refractivity contribution is 0.170. The highest BCUT2D eigenvalue weighted by atomic mass is 16.5. The normalized spacial score (nSPS) is 23.9. The monoisotopic (exact) mass is 255 g/mol. The minimum Gasteiger partial charge on any atom is -0.409 e. The van der Waals surface area contributed by atoms with Crippen LogP contribution in [0.15, 0.2) is 5.16 Å². The SMILES string of the molecule is COCCC1(CNCC2(CC(N)=NO)CC2)CC1. The number of rotatable bonds is 9. The first-order chi connectivity index (χ1) is 8.64. The van der Waals surface area contributed by atoms with Gasteiger partial charge in [0.1, 0.15) is 5.84 Å². The molecule has 4 N–H and O–H groups in total. The number of ether oxygens (including phenoxy) is 1. The molecule has 0 aromatic rings. The maximum absolute atomic E-state index is 8.62. The van der Waals surface area contributed by atoms with Gasteiger partial charge in [0.15, 0.2) is 0 Å². The Morgan fingerprint density at radius 1 is 1.28 bits per heavy atom. The molecule has 0 unspecified atom stereocenters. The predicted molar refractivity (Wildman–Crippen MR) is 70.7 cm³/mol. The molecule has 2 fully saturated rings. The fourth-order valence-corrected chi connectivity index (χ4v) is 2.62. The summed E-state index contributed by atoms with van der Waals surface area (Å²) < 4.78 is 5.16. The molecule has 5 heteroatoms. The van der Waals surface area contributed by atoms with E-state index in [-0.39, 0.29) is 5.41 Å². The van der Waals surface area contributed by atoms with Gasteiger partial charge in [-0.25, -0.2) is 0 Å². The third-order valence-electron chi connectivity index (χ3n) is 4.44. The maximum Gasteiger partial charge on any atom is 0.139 e. The maximum atomic E-state index is 8.62. The molecule has 2 rings (SSSR count). The van der Waals surface area contributed by atoms with Crippen LogP contribution in [-0.4, -0.2) is 37.8 Å². The lowest BCUT2D eigenvalue weighted by atomic mass is 9.99. The number of amidine groups is 1. The van der Waals surface area contributed by atoms with E-state index in [4.69, 9.17) is 15.7 Å². The molecule has 2 aliphatic rings. The van der Waals surface area contributed by atoms with Crippen LogP contribution in [0.2, 0.25) is 0 Å². The van der Waals surface area contributed by atoms with Crippen molar-refractivity contribution < 1.29 is 9.94 Å². The molecule has 0 aromatic carbocycles. The Balaban J connectivity index is 1.66.